The second-order valence-electron chi connectivity index (χ2n) is 8.56. The molecule has 7 heteroatoms. The Kier molecular flexibility index (Phi) is 5.94. The van der Waals surface area contributed by atoms with Gasteiger partial charge in [0.1, 0.15) is 12.4 Å². The average molecular weight is 409 g/mol. The normalized spacial score (nSPS) is 27.1. The second kappa shape index (κ2) is 7.93. The van der Waals surface area contributed by atoms with Crippen LogP contribution in [0.3, 0.4) is 0 Å². The predicted octanol–water partition coefficient (Wildman–Crippen LogP) is 4.44. The number of nitrogens with zero attached hydrogens (tertiary/aromatic N) is 1. The molecule has 3 rings (SSSR count). The predicted molar refractivity (Wildman–Crippen MR) is 112 cm³/mol. The van der Waals surface area contributed by atoms with Crippen LogP contribution in [0.5, 0.6) is 5.75 Å². The molecule has 2 aliphatic rings. The van der Waals surface area contributed by atoms with Crippen LogP contribution in [0.2, 0.25) is 0 Å². The second-order valence-corrected chi connectivity index (χ2v) is 10.3. The van der Waals surface area contributed by atoms with Crippen LogP contribution in [0.15, 0.2) is 29.4 Å². The number of sulfonamides is 1. The van der Waals surface area contributed by atoms with E-state index in [9.17, 15) is 8.42 Å². The van der Waals surface area contributed by atoms with Crippen LogP contribution in [0, 0.1) is 16.7 Å². The van der Waals surface area contributed by atoms with Crippen LogP contribution in [-0.2, 0) is 14.9 Å². The molecule has 0 saturated heterocycles. The van der Waals surface area contributed by atoms with Crippen LogP contribution in [0.1, 0.15) is 52.9 Å². The Morgan fingerprint density at radius 1 is 1.32 bits per heavy atom. The lowest BCUT2D eigenvalue weighted by molar-refractivity contribution is 0.133. The lowest BCUT2D eigenvalue weighted by atomic mass is 9.70. The third kappa shape index (κ3) is 3.86. The van der Waals surface area contributed by atoms with E-state index in [2.05, 4.69) is 30.6 Å². The topological polar surface area (TPSA) is 77.0 Å². The van der Waals surface area contributed by atoms with Gasteiger partial charge in [0.15, 0.2) is 0 Å². The summed E-state index contributed by atoms with van der Waals surface area (Å²) in [6, 6.07) is 6.98. The first kappa shape index (κ1) is 21.0. The van der Waals surface area contributed by atoms with Gasteiger partial charge in [0.25, 0.3) is 0 Å². The first-order valence-electron chi connectivity index (χ1n) is 10.1. The molecule has 2 saturated carbocycles. The molecule has 2 atom stereocenters. The van der Waals surface area contributed by atoms with Gasteiger partial charge in [-0.15, -0.1) is 0 Å². The first-order chi connectivity index (χ1) is 13.2. The Morgan fingerprint density at radius 3 is 2.79 bits per heavy atom. The largest absolute Gasteiger partial charge is 0.497 e. The van der Waals surface area contributed by atoms with E-state index in [0.29, 0.717) is 24.0 Å². The summed E-state index contributed by atoms with van der Waals surface area (Å²) in [5.41, 5.74) is 0.831. The van der Waals surface area contributed by atoms with Gasteiger partial charge >= 0.3 is 0 Å². The Bertz CT molecular complexity index is 835. The highest BCUT2D eigenvalue weighted by Crippen LogP contribution is 2.64. The highest BCUT2D eigenvalue weighted by molar-refractivity contribution is 7.92. The summed E-state index contributed by atoms with van der Waals surface area (Å²) in [6.45, 7) is 7.05. The third-order valence-corrected chi connectivity index (χ3v) is 8.13. The number of ether oxygens (including phenoxy) is 1. The van der Waals surface area contributed by atoms with Crippen LogP contribution in [-0.4, -0.2) is 33.6 Å². The molecule has 0 aliphatic heterocycles. The van der Waals surface area contributed by atoms with Gasteiger partial charge in [-0.05, 0) is 49.1 Å². The van der Waals surface area contributed by atoms with Crippen LogP contribution >= 0.6 is 0 Å². The summed E-state index contributed by atoms with van der Waals surface area (Å²) in [5, 5.41) is 4.43. The van der Waals surface area contributed by atoms with Gasteiger partial charge in [0.05, 0.1) is 24.3 Å². The summed E-state index contributed by atoms with van der Waals surface area (Å²) in [7, 11) is -2.00. The molecule has 0 radical (unpaired) electrons. The number of methoxy groups -OCH3 is 1. The quantitative estimate of drug-likeness (QED) is 0.484. The van der Waals surface area contributed by atoms with Crippen molar-refractivity contribution >= 4 is 21.4 Å². The standard InChI is InChI=1S/C21H32N2O4S/c1-5-6-12-27-22-19-13-16-10-11-21(19,20(16,2)3)15-28(24,25)23-17-8-7-9-18(14-17)26-4/h7-9,14,16,23H,5-6,10-13,15H2,1-4H3. The molecule has 0 heterocycles. The number of oxime groups is 1. The zero-order chi connectivity index (χ0) is 20.4. The fraction of sp³-hybridized carbons (Fsp3) is 0.667. The molecule has 2 fully saturated rings. The molecule has 2 aliphatic carbocycles. The van der Waals surface area contributed by atoms with E-state index in [1.165, 1.54) is 0 Å². The lowest BCUT2D eigenvalue weighted by Gasteiger charge is -2.37. The molecule has 1 aromatic carbocycles. The van der Waals surface area contributed by atoms with Gasteiger partial charge in [-0.1, -0.05) is 38.4 Å². The van der Waals surface area contributed by atoms with Gasteiger partial charge in [-0.3, -0.25) is 4.72 Å². The van der Waals surface area contributed by atoms with Gasteiger partial charge < -0.3 is 9.57 Å². The van der Waals surface area contributed by atoms with E-state index in [1.54, 1.807) is 31.4 Å². The van der Waals surface area contributed by atoms with Crippen molar-refractivity contribution in [3.63, 3.8) is 0 Å². The Labute approximate surface area is 168 Å². The van der Waals surface area contributed by atoms with Crippen molar-refractivity contribution < 1.29 is 18.0 Å². The van der Waals surface area contributed by atoms with E-state index in [4.69, 9.17) is 9.57 Å². The molecule has 2 unspecified atom stereocenters. The molecule has 0 spiro atoms. The SMILES string of the molecule is CCCCON=C1CC2CCC1(CS(=O)(=O)Nc1cccc(OC)c1)C2(C)C. The molecule has 28 heavy (non-hydrogen) atoms. The molecular weight excluding hydrogens is 376 g/mol. The molecule has 1 aromatic rings. The van der Waals surface area contributed by atoms with Crippen LogP contribution in [0.25, 0.3) is 0 Å². The van der Waals surface area contributed by atoms with Gasteiger partial charge in [-0.2, -0.15) is 0 Å². The number of unbranched alkanes of at least 4 members (excludes halogenated alkanes) is 1. The number of hydrogen-bond acceptors (Lipinski definition) is 5. The van der Waals surface area contributed by atoms with Crippen molar-refractivity contribution in [2.45, 2.75) is 52.9 Å². The van der Waals surface area contributed by atoms with E-state index in [-0.39, 0.29) is 11.2 Å². The maximum absolute atomic E-state index is 13.1. The van der Waals surface area contributed by atoms with Gasteiger partial charge in [-0.25, -0.2) is 8.42 Å². The molecule has 6 nitrogen and oxygen atoms in total. The average Bonchev–Trinajstić information content (AvgIpc) is 2.99. The summed E-state index contributed by atoms with van der Waals surface area (Å²) in [4.78, 5) is 5.55. The highest BCUT2D eigenvalue weighted by Gasteiger charge is 2.64. The van der Waals surface area contributed by atoms with Gasteiger partial charge in [0.2, 0.25) is 10.0 Å². The number of nitrogens with one attached hydrogen (secondary N) is 1. The van der Waals surface area contributed by atoms with Crippen molar-refractivity contribution in [3.8, 4) is 5.75 Å². The fourth-order valence-electron chi connectivity index (χ4n) is 4.82. The van der Waals surface area contributed by atoms with Crippen molar-refractivity contribution in [2.24, 2.45) is 21.9 Å². The number of anilines is 1. The molecule has 0 amide bonds. The van der Waals surface area contributed by atoms with Gasteiger partial charge in [0, 0.05) is 11.5 Å². The summed E-state index contributed by atoms with van der Waals surface area (Å²) >= 11 is 0. The molecule has 156 valence electrons. The van der Waals surface area contributed by atoms with E-state index < -0.39 is 15.4 Å². The maximum atomic E-state index is 13.1. The van der Waals surface area contributed by atoms with E-state index >= 15 is 0 Å². The molecule has 0 aromatic heterocycles. The molecule has 1 N–H and O–H groups in total. The Hall–Kier alpha value is -1.76. The minimum Gasteiger partial charge on any atom is -0.497 e. The van der Waals surface area contributed by atoms with Crippen LogP contribution < -0.4 is 9.46 Å². The minimum absolute atomic E-state index is 0.0245. The van der Waals surface area contributed by atoms with Crippen molar-refractivity contribution in [3.05, 3.63) is 24.3 Å². The summed E-state index contributed by atoms with van der Waals surface area (Å²) in [6.07, 6.45) is 4.69. The monoisotopic (exact) mass is 408 g/mol. The number of benzene rings is 1. The van der Waals surface area contributed by atoms with Crippen molar-refractivity contribution in [1.82, 2.24) is 0 Å². The molecular formula is C21H32N2O4S. The Morgan fingerprint density at radius 2 is 2.11 bits per heavy atom. The molecule has 2 bridgehead atoms. The smallest absolute Gasteiger partial charge is 0.233 e. The highest BCUT2D eigenvalue weighted by atomic mass is 32.2. The number of rotatable bonds is 9. The Balaban J connectivity index is 1.83. The summed E-state index contributed by atoms with van der Waals surface area (Å²) < 4.78 is 34.1. The fourth-order valence-corrected chi connectivity index (χ4v) is 6.71. The zero-order valence-electron chi connectivity index (χ0n) is 17.3. The van der Waals surface area contributed by atoms with Crippen molar-refractivity contribution in [1.29, 1.82) is 0 Å². The lowest BCUT2D eigenvalue weighted by Crippen LogP contribution is -2.43. The van der Waals surface area contributed by atoms with E-state index in [1.807, 2.05) is 0 Å². The zero-order valence-corrected chi connectivity index (χ0v) is 18.1. The third-order valence-electron chi connectivity index (χ3n) is 6.71. The van der Waals surface area contributed by atoms with Crippen molar-refractivity contribution in [2.75, 3.05) is 24.2 Å². The van der Waals surface area contributed by atoms with Crippen LogP contribution in [0.4, 0.5) is 5.69 Å². The number of fused-ring (bicyclic) bond motifs is 2. The number of hydrogen-bond donors (Lipinski definition) is 1. The maximum Gasteiger partial charge on any atom is 0.233 e. The van der Waals surface area contributed by atoms with E-state index in [0.717, 1.165) is 37.8 Å². The summed E-state index contributed by atoms with van der Waals surface area (Å²) in [5.74, 6) is 1.09. The minimum atomic E-state index is -3.57. The first-order valence-corrected chi connectivity index (χ1v) is 11.7.